The van der Waals surface area contributed by atoms with Crippen LogP contribution in [-0.2, 0) is 16.0 Å². The molecular weight excluding hydrogens is 644 g/mol. The number of nitrogens with one attached hydrogen (secondary N) is 2. The molecule has 270 valence electrons. The smallest absolute Gasteiger partial charge is 0.321 e. The van der Waals surface area contributed by atoms with Crippen LogP contribution in [0.3, 0.4) is 0 Å². The second-order valence-corrected chi connectivity index (χ2v) is 13.6. The lowest BCUT2D eigenvalue weighted by atomic mass is 10.0. The first-order valence-corrected chi connectivity index (χ1v) is 17.8. The van der Waals surface area contributed by atoms with E-state index in [4.69, 9.17) is 9.47 Å². The third-order valence-electron chi connectivity index (χ3n) is 9.37. The summed E-state index contributed by atoms with van der Waals surface area (Å²) >= 11 is 0. The Morgan fingerprint density at radius 1 is 0.961 bits per heavy atom. The Labute approximate surface area is 300 Å². The number of hydrogen-bond acceptors (Lipinski definition) is 6. The van der Waals surface area contributed by atoms with Gasteiger partial charge < -0.3 is 35.0 Å². The molecule has 10 heteroatoms. The first-order valence-electron chi connectivity index (χ1n) is 17.8. The van der Waals surface area contributed by atoms with Crippen molar-refractivity contribution >= 4 is 40.0 Å². The molecule has 1 aliphatic heterocycles. The van der Waals surface area contributed by atoms with Gasteiger partial charge in [-0.1, -0.05) is 73.7 Å². The molecule has 4 aromatic carbocycles. The van der Waals surface area contributed by atoms with Gasteiger partial charge in [0.1, 0.15) is 5.75 Å². The zero-order valence-electron chi connectivity index (χ0n) is 30.0. The number of carbonyl (C=O) groups excluding carboxylic acids is 3. The van der Waals surface area contributed by atoms with Gasteiger partial charge in [-0.3, -0.25) is 9.59 Å². The van der Waals surface area contributed by atoms with Crippen LogP contribution in [-0.4, -0.2) is 84.4 Å². The minimum atomic E-state index is -0.525. The number of hydrogen-bond donors (Lipinski definition) is 3. The number of aliphatic hydroxyl groups is 1. The van der Waals surface area contributed by atoms with Crippen molar-refractivity contribution in [2.45, 2.75) is 64.7 Å². The molecule has 0 aromatic heterocycles. The molecule has 4 aromatic rings. The molecule has 1 aliphatic rings. The molecule has 51 heavy (non-hydrogen) atoms. The molecule has 0 fully saturated rings. The maximum Gasteiger partial charge on any atom is 0.321 e. The largest absolute Gasteiger partial charge is 0.490 e. The highest BCUT2D eigenvalue weighted by molar-refractivity contribution is 6.02. The summed E-state index contributed by atoms with van der Waals surface area (Å²) in [5.74, 6) is -0.323. The van der Waals surface area contributed by atoms with Crippen LogP contribution in [0.5, 0.6) is 5.75 Å². The Hall–Kier alpha value is -4.93. The van der Waals surface area contributed by atoms with E-state index >= 15 is 0 Å². The summed E-state index contributed by atoms with van der Waals surface area (Å²) in [6.07, 6.45) is 2.02. The molecule has 0 radical (unpaired) electrons. The number of urea groups is 1. The van der Waals surface area contributed by atoms with Crippen molar-refractivity contribution in [3.05, 3.63) is 102 Å². The number of benzene rings is 4. The normalized spacial score (nSPS) is 19.3. The second kappa shape index (κ2) is 17.8. The van der Waals surface area contributed by atoms with Crippen molar-refractivity contribution in [2.24, 2.45) is 5.92 Å². The number of nitrogens with zero attached hydrogens (tertiary/aromatic N) is 2. The molecule has 0 aliphatic carbocycles. The molecule has 0 spiro atoms. The van der Waals surface area contributed by atoms with Gasteiger partial charge in [-0.15, -0.1) is 0 Å². The lowest BCUT2D eigenvalue weighted by Crippen LogP contribution is -2.48. The average molecular weight is 695 g/mol. The van der Waals surface area contributed by atoms with Crippen molar-refractivity contribution < 1.29 is 29.0 Å². The minimum absolute atomic E-state index is 0.180. The van der Waals surface area contributed by atoms with Crippen LogP contribution in [0.4, 0.5) is 16.2 Å². The molecule has 10 nitrogen and oxygen atoms in total. The SMILES string of the molecule is C[C@@H]1CCCCO[C@@H](CN(C)C(=O)Nc2cccc3ccccc23)[C@@H](C)CN([C@@H](C)CO)C(=O)c2cc(NC(=O)Cc3ccccc3)ccc2O1. The van der Waals surface area contributed by atoms with E-state index in [9.17, 15) is 19.5 Å². The number of amides is 4. The van der Waals surface area contributed by atoms with E-state index in [1.54, 1.807) is 42.0 Å². The Morgan fingerprint density at radius 2 is 1.71 bits per heavy atom. The van der Waals surface area contributed by atoms with E-state index in [0.717, 1.165) is 41.3 Å². The summed E-state index contributed by atoms with van der Waals surface area (Å²) in [6, 6.07) is 27.5. The van der Waals surface area contributed by atoms with Crippen molar-refractivity contribution in [1.82, 2.24) is 9.80 Å². The topological polar surface area (TPSA) is 120 Å². The molecule has 5 rings (SSSR count). The van der Waals surface area contributed by atoms with Gasteiger partial charge in [-0.2, -0.15) is 0 Å². The van der Waals surface area contributed by atoms with E-state index in [-0.39, 0.29) is 49.4 Å². The molecule has 4 amide bonds. The number of anilines is 2. The third kappa shape index (κ3) is 10.1. The summed E-state index contributed by atoms with van der Waals surface area (Å²) in [6.45, 7) is 6.55. The van der Waals surface area contributed by atoms with Gasteiger partial charge in [0.25, 0.3) is 5.91 Å². The Kier molecular flexibility index (Phi) is 13.0. The minimum Gasteiger partial charge on any atom is -0.490 e. The summed E-state index contributed by atoms with van der Waals surface area (Å²) in [5, 5.41) is 18.3. The summed E-state index contributed by atoms with van der Waals surface area (Å²) in [7, 11) is 1.74. The van der Waals surface area contributed by atoms with Crippen LogP contribution in [0.1, 0.15) is 56.0 Å². The van der Waals surface area contributed by atoms with Crippen LogP contribution in [0.25, 0.3) is 10.8 Å². The van der Waals surface area contributed by atoms with Crippen molar-refractivity contribution in [3.8, 4) is 5.75 Å². The molecule has 0 saturated carbocycles. The van der Waals surface area contributed by atoms with Crippen molar-refractivity contribution in [1.29, 1.82) is 0 Å². The quantitative estimate of drug-likeness (QED) is 0.183. The standard InChI is InChI=1S/C41H50N4O6/c1-28-25-45(29(2)27-46)40(48)35-24-33(42-39(47)23-31-14-6-5-7-15-31)20-21-37(35)51-30(3)13-10-11-22-50-38(28)26-44(4)41(49)43-36-19-12-17-32-16-8-9-18-34(32)36/h5-9,12,14-21,24,28-30,38,46H,10-11,13,22-23,25-27H2,1-4H3,(H,42,47)(H,43,49)/t28-,29-,30+,38-/m0/s1. The van der Waals surface area contributed by atoms with Crippen LogP contribution in [0, 0.1) is 5.92 Å². The summed E-state index contributed by atoms with van der Waals surface area (Å²) in [4.78, 5) is 44.1. The lowest BCUT2D eigenvalue weighted by Gasteiger charge is -2.35. The van der Waals surface area contributed by atoms with E-state index in [1.165, 1.54) is 0 Å². The van der Waals surface area contributed by atoms with Gasteiger partial charge in [0.15, 0.2) is 0 Å². The monoisotopic (exact) mass is 694 g/mol. The highest BCUT2D eigenvalue weighted by atomic mass is 16.5. The Balaban J connectivity index is 1.37. The van der Waals surface area contributed by atoms with Gasteiger partial charge in [0.2, 0.25) is 5.91 Å². The number of aliphatic hydroxyl groups excluding tert-OH is 1. The van der Waals surface area contributed by atoms with Crippen LogP contribution in [0.15, 0.2) is 91.0 Å². The third-order valence-corrected chi connectivity index (χ3v) is 9.37. The Morgan fingerprint density at radius 3 is 2.49 bits per heavy atom. The molecule has 4 atom stereocenters. The fourth-order valence-corrected chi connectivity index (χ4v) is 6.35. The number of rotatable bonds is 8. The highest BCUT2D eigenvalue weighted by Gasteiger charge is 2.31. The predicted molar refractivity (Wildman–Crippen MR) is 201 cm³/mol. The van der Waals surface area contributed by atoms with Crippen molar-refractivity contribution in [3.63, 3.8) is 0 Å². The van der Waals surface area contributed by atoms with Gasteiger partial charge in [0, 0.05) is 43.7 Å². The highest BCUT2D eigenvalue weighted by Crippen LogP contribution is 2.29. The lowest BCUT2D eigenvalue weighted by molar-refractivity contribution is -0.115. The number of carbonyl (C=O) groups is 3. The van der Waals surface area contributed by atoms with E-state index in [0.29, 0.717) is 30.2 Å². The predicted octanol–water partition coefficient (Wildman–Crippen LogP) is 6.98. The zero-order chi connectivity index (χ0) is 36.3. The van der Waals surface area contributed by atoms with Gasteiger partial charge in [-0.25, -0.2) is 4.79 Å². The average Bonchev–Trinajstić information content (AvgIpc) is 3.13. The van der Waals surface area contributed by atoms with Crippen LogP contribution >= 0.6 is 0 Å². The fraction of sp³-hybridized carbons (Fsp3) is 0.390. The molecule has 1 heterocycles. The Bertz CT molecular complexity index is 1780. The first-order chi connectivity index (χ1) is 24.6. The van der Waals surface area contributed by atoms with Gasteiger partial charge in [0.05, 0.1) is 42.5 Å². The molecule has 3 N–H and O–H groups in total. The van der Waals surface area contributed by atoms with E-state index in [2.05, 4.69) is 10.6 Å². The van der Waals surface area contributed by atoms with Crippen molar-refractivity contribution in [2.75, 3.05) is 44.0 Å². The fourth-order valence-electron chi connectivity index (χ4n) is 6.35. The van der Waals surface area contributed by atoms with Gasteiger partial charge in [-0.05, 0) is 68.3 Å². The van der Waals surface area contributed by atoms with Crippen LogP contribution < -0.4 is 15.4 Å². The molecule has 0 unspecified atom stereocenters. The van der Waals surface area contributed by atoms with Gasteiger partial charge >= 0.3 is 6.03 Å². The maximum atomic E-state index is 14.4. The number of likely N-dealkylation sites (N-methyl/N-ethyl adjacent to an activating group) is 1. The number of fused-ring (bicyclic) bond motifs is 2. The maximum absolute atomic E-state index is 14.4. The summed E-state index contributed by atoms with van der Waals surface area (Å²) < 4.78 is 12.8. The number of ether oxygens (including phenoxy) is 2. The zero-order valence-corrected chi connectivity index (χ0v) is 30.0. The molecular formula is C41H50N4O6. The second-order valence-electron chi connectivity index (χ2n) is 13.6. The van der Waals surface area contributed by atoms with E-state index in [1.807, 2.05) is 86.6 Å². The van der Waals surface area contributed by atoms with E-state index < -0.39 is 12.1 Å². The first kappa shape index (κ1) is 37.3. The summed E-state index contributed by atoms with van der Waals surface area (Å²) in [5.41, 5.74) is 2.38. The van der Waals surface area contributed by atoms with Crippen LogP contribution in [0.2, 0.25) is 0 Å². The molecule has 0 saturated heterocycles. The molecule has 0 bridgehead atoms.